The van der Waals surface area contributed by atoms with Crippen molar-refractivity contribution in [2.45, 2.75) is 25.3 Å². The van der Waals surface area contributed by atoms with Crippen molar-refractivity contribution >= 4 is 5.91 Å². The Balaban J connectivity index is 2.01. The molecule has 1 aliphatic heterocycles. The number of carbonyl (C=O) groups excluding carboxylic acids is 1. The molecule has 1 heterocycles. The van der Waals surface area contributed by atoms with Crippen LogP contribution in [0.1, 0.15) is 24.8 Å². The van der Waals surface area contributed by atoms with E-state index in [0.717, 1.165) is 19.5 Å². The van der Waals surface area contributed by atoms with Crippen LogP contribution in [0.15, 0.2) is 30.3 Å². The van der Waals surface area contributed by atoms with E-state index in [0.29, 0.717) is 5.92 Å². The van der Waals surface area contributed by atoms with Gasteiger partial charge in [0.15, 0.2) is 0 Å². The Labute approximate surface area is 96.2 Å². The van der Waals surface area contributed by atoms with Crippen molar-refractivity contribution in [3.8, 4) is 0 Å². The van der Waals surface area contributed by atoms with E-state index in [4.69, 9.17) is 5.73 Å². The summed E-state index contributed by atoms with van der Waals surface area (Å²) in [6, 6.07) is 10.3. The Kier molecular flexibility index (Phi) is 3.25. The number of likely N-dealkylation sites (tertiary alicyclic amines) is 1. The van der Waals surface area contributed by atoms with Crippen LogP contribution in [0, 0.1) is 0 Å². The monoisotopic (exact) mass is 218 g/mol. The van der Waals surface area contributed by atoms with E-state index < -0.39 is 0 Å². The molecule has 1 aromatic carbocycles. The van der Waals surface area contributed by atoms with E-state index in [2.05, 4.69) is 29.2 Å². The molecule has 1 saturated heterocycles. The van der Waals surface area contributed by atoms with Gasteiger partial charge in [-0.2, -0.15) is 0 Å². The summed E-state index contributed by atoms with van der Waals surface area (Å²) in [7, 11) is 0. The summed E-state index contributed by atoms with van der Waals surface area (Å²) < 4.78 is 0. The molecule has 1 amide bonds. The maximum atomic E-state index is 11.1. The van der Waals surface area contributed by atoms with Gasteiger partial charge < -0.3 is 5.73 Å². The number of carbonyl (C=O) groups is 1. The number of hydrogen-bond donors (Lipinski definition) is 1. The van der Waals surface area contributed by atoms with Gasteiger partial charge in [0.25, 0.3) is 0 Å². The minimum atomic E-state index is -0.228. The zero-order valence-corrected chi connectivity index (χ0v) is 9.60. The lowest BCUT2D eigenvalue weighted by Gasteiger charge is -2.21. The van der Waals surface area contributed by atoms with Crippen molar-refractivity contribution in [1.82, 2.24) is 4.90 Å². The lowest BCUT2D eigenvalue weighted by molar-refractivity contribution is -0.122. The predicted molar refractivity (Wildman–Crippen MR) is 64.0 cm³/mol. The van der Waals surface area contributed by atoms with Gasteiger partial charge in [-0.15, -0.1) is 0 Å². The first-order chi connectivity index (χ1) is 7.68. The quantitative estimate of drug-likeness (QED) is 0.832. The molecule has 2 rings (SSSR count). The SMILES string of the molecule is C[C@H](C(N)=O)N1CC[C@@H](c2ccccc2)C1. The summed E-state index contributed by atoms with van der Waals surface area (Å²) in [5.41, 5.74) is 6.68. The van der Waals surface area contributed by atoms with Crippen LogP contribution in [0.4, 0.5) is 0 Å². The van der Waals surface area contributed by atoms with E-state index in [1.165, 1.54) is 5.56 Å². The molecule has 3 heteroatoms. The first kappa shape index (κ1) is 11.1. The fourth-order valence-electron chi connectivity index (χ4n) is 2.32. The highest BCUT2D eigenvalue weighted by Gasteiger charge is 2.28. The van der Waals surface area contributed by atoms with Gasteiger partial charge in [-0.25, -0.2) is 0 Å². The van der Waals surface area contributed by atoms with Crippen molar-refractivity contribution < 1.29 is 4.79 Å². The second kappa shape index (κ2) is 4.66. The average molecular weight is 218 g/mol. The Morgan fingerprint density at radius 3 is 2.75 bits per heavy atom. The molecule has 0 aliphatic carbocycles. The molecule has 0 saturated carbocycles. The highest BCUT2D eigenvalue weighted by Crippen LogP contribution is 2.27. The number of nitrogens with two attached hydrogens (primary N) is 1. The summed E-state index contributed by atoms with van der Waals surface area (Å²) in [6.45, 7) is 3.79. The maximum absolute atomic E-state index is 11.1. The Morgan fingerprint density at radius 1 is 1.44 bits per heavy atom. The fourth-order valence-corrected chi connectivity index (χ4v) is 2.32. The predicted octanol–water partition coefficient (Wildman–Crippen LogP) is 1.35. The van der Waals surface area contributed by atoms with Gasteiger partial charge in [0.2, 0.25) is 5.91 Å². The number of benzene rings is 1. The molecule has 0 unspecified atom stereocenters. The van der Waals surface area contributed by atoms with E-state index in [-0.39, 0.29) is 11.9 Å². The molecule has 0 radical (unpaired) electrons. The van der Waals surface area contributed by atoms with Gasteiger partial charge in [-0.05, 0) is 31.4 Å². The first-order valence-electron chi connectivity index (χ1n) is 5.77. The molecule has 0 aromatic heterocycles. The van der Waals surface area contributed by atoms with Crippen molar-refractivity contribution in [3.05, 3.63) is 35.9 Å². The number of hydrogen-bond acceptors (Lipinski definition) is 2. The Hall–Kier alpha value is -1.35. The lowest BCUT2D eigenvalue weighted by Crippen LogP contribution is -2.41. The summed E-state index contributed by atoms with van der Waals surface area (Å²) in [5, 5.41) is 0. The molecule has 3 nitrogen and oxygen atoms in total. The minimum Gasteiger partial charge on any atom is -0.368 e. The first-order valence-corrected chi connectivity index (χ1v) is 5.77. The highest BCUT2D eigenvalue weighted by atomic mass is 16.1. The standard InChI is InChI=1S/C13H18N2O/c1-10(13(14)16)15-8-7-12(9-15)11-5-3-2-4-6-11/h2-6,10,12H,7-9H2,1H3,(H2,14,16)/t10-,12-/m1/s1. The molecular weight excluding hydrogens is 200 g/mol. The van der Waals surface area contributed by atoms with Crippen molar-refractivity contribution in [3.63, 3.8) is 0 Å². The average Bonchev–Trinajstić information content (AvgIpc) is 2.78. The van der Waals surface area contributed by atoms with Gasteiger partial charge in [0.1, 0.15) is 0 Å². The van der Waals surface area contributed by atoms with Gasteiger partial charge in [0.05, 0.1) is 6.04 Å². The molecule has 2 atom stereocenters. The zero-order chi connectivity index (χ0) is 11.5. The van der Waals surface area contributed by atoms with Crippen LogP contribution in [0.3, 0.4) is 0 Å². The Morgan fingerprint density at radius 2 is 2.12 bits per heavy atom. The molecule has 2 N–H and O–H groups in total. The van der Waals surface area contributed by atoms with Crippen molar-refractivity contribution in [1.29, 1.82) is 0 Å². The van der Waals surface area contributed by atoms with Crippen LogP contribution >= 0.6 is 0 Å². The van der Waals surface area contributed by atoms with E-state index in [1.54, 1.807) is 0 Å². The topological polar surface area (TPSA) is 46.3 Å². The van der Waals surface area contributed by atoms with Crippen LogP contribution in [0.5, 0.6) is 0 Å². The molecule has 16 heavy (non-hydrogen) atoms. The maximum Gasteiger partial charge on any atom is 0.234 e. The molecule has 0 spiro atoms. The summed E-state index contributed by atoms with van der Waals surface area (Å²) >= 11 is 0. The molecule has 1 fully saturated rings. The number of nitrogens with zero attached hydrogens (tertiary/aromatic N) is 1. The third-order valence-electron chi connectivity index (χ3n) is 3.45. The van der Waals surface area contributed by atoms with E-state index in [9.17, 15) is 4.79 Å². The summed E-state index contributed by atoms with van der Waals surface area (Å²) in [5.74, 6) is 0.316. The lowest BCUT2D eigenvalue weighted by atomic mass is 9.99. The molecular formula is C13H18N2O. The van der Waals surface area contributed by atoms with Gasteiger partial charge in [-0.1, -0.05) is 30.3 Å². The third-order valence-corrected chi connectivity index (χ3v) is 3.45. The molecule has 1 aromatic rings. The van der Waals surface area contributed by atoms with Crippen LogP contribution in [-0.2, 0) is 4.79 Å². The number of rotatable bonds is 3. The molecule has 86 valence electrons. The fraction of sp³-hybridized carbons (Fsp3) is 0.462. The van der Waals surface area contributed by atoms with Crippen molar-refractivity contribution in [2.75, 3.05) is 13.1 Å². The highest BCUT2D eigenvalue weighted by molar-refractivity contribution is 5.79. The van der Waals surface area contributed by atoms with Crippen LogP contribution in [0.2, 0.25) is 0 Å². The normalized spacial score (nSPS) is 23.2. The van der Waals surface area contributed by atoms with Gasteiger partial charge in [0, 0.05) is 6.54 Å². The van der Waals surface area contributed by atoms with E-state index in [1.807, 2.05) is 13.0 Å². The second-order valence-electron chi connectivity index (χ2n) is 4.47. The van der Waals surface area contributed by atoms with Crippen LogP contribution in [-0.4, -0.2) is 29.9 Å². The third kappa shape index (κ3) is 2.25. The largest absolute Gasteiger partial charge is 0.368 e. The second-order valence-corrected chi connectivity index (χ2v) is 4.47. The van der Waals surface area contributed by atoms with Gasteiger partial charge >= 0.3 is 0 Å². The Bertz CT molecular complexity index is 363. The van der Waals surface area contributed by atoms with Crippen molar-refractivity contribution in [2.24, 2.45) is 5.73 Å². The van der Waals surface area contributed by atoms with Gasteiger partial charge in [-0.3, -0.25) is 9.69 Å². The smallest absolute Gasteiger partial charge is 0.234 e. The number of primary amides is 1. The molecule has 1 aliphatic rings. The van der Waals surface area contributed by atoms with E-state index >= 15 is 0 Å². The minimum absolute atomic E-state index is 0.145. The summed E-state index contributed by atoms with van der Waals surface area (Å²) in [4.78, 5) is 13.3. The summed E-state index contributed by atoms with van der Waals surface area (Å²) in [6.07, 6.45) is 1.11. The van der Waals surface area contributed by atoms with Crippen LogP contribution in [0.25, 0.3) is 0 Å². The number of amides is 1. The zero-order valence-electron chi connectivity index (χ0n) is 9.60. The molecule has 0 bridgehead atoms. The van der Waals surface area contributed by atoms with Crippen LogP contribution < -0.4 is 5.73 Å².